The second kappa shape index (κ2) is 8.10. The summed E-state index contributed by atoms with van der Waals surface area (Å²) in [5, 5.41) is 12.7. The van der Waals surface area contributed by atoms with E-state index in [-0.39, 0.29) is 11.8 Å². The number of H-pyrrole nitrogens is 1. The van der Waals surface area contributed by atoms with Crippen molar-refractivity contribution in [1.82, 2.24) is 20.5 Å². The van der Waals surface area contributed by atoms with Crippen molar-refractivity contribution in [3.63, 3.8) is 0 Å². The van der Waals surface area contributed by atoms with Crippen LogP contribution in [-0.4, -0.2) is 33.0 Å². The van der Waals surface area contributed by atoms with Crippen LogP contribution in [0.25, 0.3) is 17.5 Å². The molecule has 1 aromatic heterocycles. The number of aryl methyl sites for hydroxylation is 1. The van der Waals surface area contributed by atoms with Crippen LogP contribution in [-0.2, 0) is 4.79 Å². The number of amides is 2. The number of benzene rings is 2. The number of aromatic nitrogens is 3. The van der Waals surface area contributed by atoms with E-state index in [9.17, 15) is 9.59 Å². The minimum absolute atomic E-state index is 0.0535. The highest BCUT2D eigenvalue weighted by Gasteiger charge is 2.23. The molecule has 0 radical (unpaired) electrons. The van der Waals surface area contributed by atoms with Gasteiger partial charge in [0.05, 0.1) is 0 Å². The smallest absolute Gasteiger partial charge is 0.251 e. The predicted octanol–water partition coefficient (Wildman–Crippen LogP) is 3.32. The average Bonchev–Trinajstić information content (AvgIpc) is 3.43. The Kier molecular flexibility index (Phi) is 5.20. The third-order valence-electron chi connectivity index (χ3n) is 4.50. The van der Waals surface area contributed by atoms with Crippen LogP contribution in [0.3, 0.4) is 0 Å². The van der Waals surface area contributed by atoms with Crippen molar-refractivity contribution >= 4 is 23.6 Å². The summed E-state index contributed by atoms with van der Waals surface area (Å²) >= 11 is 0. The molecule has 1 aliphatic rings. The average molecular weight is 387 g/mol. The van der Waals surface area contributed by atoms with E-state index < -0.39 is 0 Å². The summed E-state index contributed by atoms with van der Waals surface area (Å²) in [6, 6.07) is 14.8. The lowest BCUT2D eigenvalue weighted by molar-refractivity contribution is -0.111. The number of nitrogens with zero attached hydrogens (tertiary/aromatic N) is 2. The SMILES string of the molecule is Cc1nc(-c2cccc(NC(=O)/C=C/c3ccc(C(=O)NC4CC4)cc3)c2)n[nH]1. The number of carbonyl (C=O) groups excluding carboxylic acids is 2. The van der Waals surface area contributed by atoms with Crippen molar-refractivity contribution in [2.24, 2.45) is 0 Å². The topological polar surface area (TPSA) is 99.8 Å². The molecule has 2 amide bonds. The molecule has 29 heavy (non-hydrogen) atoms. The van der Waals surface area contributed by atoms with E-state index >= 15 is 0 Å². The lowest BCUT2D eigenvalue weighted by Gasteiger charge is -2.04. The van der Waals surface area contributed by atoms with Gasteiger partial charge in [0.25, 0.3) is 5.91 Å². The number of anilines is 1. The quantitative estimate of drug-likeness (QED) is 0.565. The van der Waals surface area contributed by atoms with E-state index in [0.717, 1.165) is 29.8 Å². The van der Waals surface area contributed by atoms with Gasteiger partial charge in [-0.2, -0.15) is 5.10 Å². The summed E-state index contributed by atoms with van der Waals surface area (Å²) in [5.41, 5.74) is 2.94. The van der Waals surface area contributed by atoms with Gasteiger partial charge in [-0.15, -0.1) is 0 Å². The standard InChI is InChI=1S/C22H21N5O2/c1-14-23-21(27-26-14)17-3-2-4-19(13-17)24-20(28)12-7-15-5-8-16(9-6-15)22(29)25-18-10-11-18/h2-9,12-13,18H,10-11H2,1H3,(H,24,28)(H,25,29)(H,23,26,27)/b12-7+. The van der Waals surface area contributed by atoms with Gasteiger partial charge in [-0.1, -0.05) is 24.3 Å². The first kappa shape index (κ1) is 18.6. The van der Waals surface area contributed by atoms with E-state index in [2.05, 4.69) is 25.8 Å². The highest BCUT2D eigenvalue weighted by atomic mass is 16.2. The number of aromatic amines is 1. The van der Waals surface area contributed by atoms with Crippen LogP contribution in [0.1, 0.15) is 34.6 Å². The maximum atomic E-state index is 12.2. The van der Waals surface area contributed by atoms with Gasteiger partial charge in [0.1, 0.15) is 5.82 Å². The summed E-state index contributed by atoms with van der Waals surface area (Å²) < 4.78 is 0. The summed E-state index contributed by atoms with van der Waals surface area (Å²) in [5.74, 6) is 1.01. The number of hydrogen-bond donors (Lipinski definition) is 3. The Morgan fingerprint density at radius 3 is 2.62 bits per heavy atom. The van der Waals surface area contributed by atoms with Crippen molar-refractivity contribution in [2.75, 3.05) is 5.32 Å². The lowest BCUT2D eigenvalue weighted by Crippen LogP contribution is -2.25. The summed E-state index contributed by atoms with van der Waals surface area (Å²) in [4.78, 5) is 28.5. The van der Waals surface area contributed by atoms with Crippen molar-refractivity contribution in [2.45, 2.75) is 25.8 Å². The van der Waals surface area contributed by atoms with Gasteiger partial charge in [0.2, 0.25) is 5.91 Å². The van der Waals surface area contributed by atoms with Gasteiger partial charge in [0, 0.05) is 28.9 Å². The van der Waals surface area contributed by atoms with Gasteiger partial charge >= 0.3 is 0 Å². The van der Waals surface area contributed by atoms with Crippen LogP contribution in [0.15, 0.2) is 54.6 Å². The molecule has 7 nitrogen and oxygen atoms in total. The van der Waals surface area contributed by atoms with Gasteiger partial charge in [0.15, 0.2) is 5.82 Å². The number of carbonyl (C=O) groups is 2. The van der Waals surface area contributed by atoms with Gasteiger partial charge < -0.3 is 10.6 Å². The lowest BCUT2D eigenvalue weighted by atomic mass is 10.1. The van der Waals surface area contributed by atoms with Crippen LogP contribution >= 0.6 is 0 Å². The zero-order chi connectivity index (χ0) is 20.2. The molecule has 0 unspecified atom stereocenters. The largest absolute Gasteiger partial charge is 0.349 e. The van der Waals surface area contributed by atoms with E-state index in [1.807, 2.05) is 43.3 Å². The van der Waals surface area contributed by atoms with Crippen molar-refractivity contribution < 1.29 is 9.59 Å². The van der Waals surface area contributed by atoms with Crippen molar-refractivity contribution in [3.05, 3.63) is 71.6 Å². The molecular formula is C22H21N5O2. The zero-order valence-corrected chi connectivity index (χ0v) is 16.0. The van der Waals surface area contributed by atoms with E-state index in [1.54, 1.807) is 18.2 Å². The van der Waals surface area contributed by atoms with Gasteiger partial charge in [-0.25, -0.2) is 4.98 Å². The maximum Gasteiger partial charge on any atom is 0.251 e. The molecule has 4 rings (SSSR count). The first-order valence-electron chi connectivity index (χ1n) is 9.46. The fourth-order valence-electron chi connectivity index (χ4n) is 2.81. The Morgan fingerprint density at radius 2 is 1.93 bits per heavy atom. The fraction of sp³-hybridized carbons (Fsp3) is 0.182. The molecule has 1 aliphatic carbocycles. The third-order valence-corrected chi connectivity index (χ3v) is 4.50. The van der Waals surface area contributed by atoms with Crippen molar-refractivity contribution in [1.29, 1.82) is 0 Å². The molecule has 0 saturated heterocycles. The minimum atomic E-state index is -0.246. The molecule has 146 valence electrons. The monoisotopic (exact) mass is 387 g/mol. The zero-order valence-electron chi connectivity index (χ0n) is 16.0. The minimum Gasteiger partial charge on any atom is -0.349 e. The molecule has 1 heterocycles. The molecule has 1 saturated carbocycles. The highest BCUT2D eigenvalue weighted by molar-refractivity contribution is 6.02. The predicted molar refractivity (Wildman–Crippen MR) is 111 cm³/mol. The van der Waals surface area contributed by atoms with Crippen LogP contribution in [0, 0.1) is 6.92 Å². The van der Waals surface area contributed by atoms with Crippen LogP contribution < -0.4 is 10.6 Å². The normalized spacial score (nSPS) is 13.4. The van der Waals surface area contributed by atoms with Crippen molar-refractivity contribution in [3.8, 4) is 11.4 Å². The second-order valence-corrected chi connectivity index (χ2v) is 7.02. The number of nitrogens with one attached hydrogen (secondary N) is 3. The number of rotatable bonds is 6. The van der Waals surface area contributed by atoms with Crippen LogP contribution in [0.5, 0.6) is 0 Å². The van der Waals surface area contributed by atoms with Gasteiger partial charge in [-0.05, 0) is 55.7 Å². The Balaban J connectivity index is 1.36. The first-order valence-corrected chi connectivity index (χ1v) is 9.46. The third kappa shape index (κ3) is 4.95. The molecule has 0 atom stereocenters. The summed E-state index contributed by atoms with van der Waals surface area (Å²) in [6.45, 7) is 1.83. The Bertz CT molecular complexity index is 1060. The van der Waals surface area contributed by atoms with E-state index in [0.29, 0.717) is 23.1 Å². The summed E-state index contributed by atoms with van der Waals surface area (Å²) in [6.07, 6.45) is 5.29. The molecular weight excluding hydrogens is 366 g/mol. The fourth-order valence-corrected chi connectivity index (χ4v) is 2.81. The molecule has 3 aromatic rings. The molecule has 0 bridgehead atoms. The Morgan fingerprint density at radius 1 is 1.14 bits per heavy atom. The molecule has 2 aromatic carbocycles. The first-order chi connectivity index (χ1) is 14.1. The van der Waals surface area contributed by atoms with Gasteiger partial charge in [-0.3, -0.25) is 14.7 Å². The molecule has 0 aliphatic heterocycles. The molecule has 7 heteroatoms. The van der Waals surface area contributed by atoms with E-state index in [1.165, 1.54) is 6.08 Å². The molecule has 0 spiro atoms. The van der Waals surface area contributed by atoms with Crippen LogP contribution in [0.4, 0.5) is 5.69 Å². The number of hydrogen-bond acceptors (Lipinski definition) is 4. The van der Waals surface area contributed by atoms with Crippen LogP contribution in [0.2, 0.25) is 0 Å². The Hall–Kier alpha value is -3.74. The summed E-state index contributed by atoms with van der Waals surface area (Å²) in [7, 11) is 0. The van der Waals surface area contributed by atoms with E-state index in [4.69, 9.17) is 0 Å². The molecule has 3 N–H and O–H groups in total. The molecule has 1 fully saturated rings. The Labute approximate surface area is 168 Å². The highest BCUT2D eigenvalue weighted by Crippen LogP contribution is 2.20. The maximum absolute atomic E-state index is 12.2. The second-order valence-electron chi connectivity index (χ2n) is 7.02.